The molecule has 150 valence electrons. The molecule has 0 unspecified atom stereocenters. The first kappa shape index (κ1) is 19.6. The number of anilines is 2. The van der Waals surface area contributed by atoms with Gasteiger partial charge in [0, 0.05) is 38.7 Å². The first-order valence-corrected chi connectivity index (χ1v) is 9.22. The van der Waals surface area contributed by atoms with Gasteiger partial charge in [0.25, 0.3) is 0 Å². The van der Waals surface area contributed by atoms with Gasteiger partial charge in [0.05, 0.1) is 5.69 Å². The van der Waals surface area contributed by atoms with Crippen molar-refractivity contribution in [3.8, 4) is 0 Å². The average molecular weight is 390 g/mol. The molecule has 28 heavy (non-hydrogen) atoms. The number of hydrogen-bond acceptors (Lipinski definition) is 4. The van der Waals surface area contributed by atoms with Crippen LogP contribution in [0.25, 0.3) is 0 Å². The molecule has 9 nitrogen and oxygen atoms in total. The molecule has 1 aliphatic heterocycles. The molecule has 0 aliphatic carbocycles. The minimum absolute atomic E-state index is 0.00609. The number of amides is 3. The van der Waals surface area contributed by atoms with Crippen LogP contribution in [0.15, 0.2) is 23.0 Å². The van der Waals surface area contributed by atoms with Crippen LogP contribution in [0.3, 0.4) is 0 Å². The Hall–Kier alpha value is -3.17. The van der Waals surface area contributed by atoms with Crippen molar-refractivity contribution < 1.29 is 14.0 Å². The highest BCUT2D eigenvalue weighted by Gasteiger charge is 2.16. The van der Waals surface area contributed by atoms with Crippen molar-refractivity contribution in [3.63, 3.8) is 0 Å². The SMILES string of the molecule is CC(=O)Nc1cc(NC(=O)NCCCn2nc3n(c2=O)CCCC3)ccc1F. The Morgan fingerprint density at radius 1 is 1.25 bits per heavy atom. The van der Waals surface area contributed by atoms with E-state index in [0.29, 0.717) is 31.7 Å². The Bertz CT molecular complexity index is 936. The maximum Gasteiger partial charge on any atom is 0.345 e. The number of carbonyl (C=O) groups is 2. The number of fused-ring (bicyclic) bond motifs is 1. The lowest BCUT2D eigenvalue weighted by Crippen LogP contribution is -2.31. The van der Waals surface area contributed by atoms with Gasteiger partial charge in [-0.25, -0.2) is 18.7 Å². The molecular formula is C18H23FN6O3. The fourth-order valence-electron chi connectivity index (χ4n) is 3.09. The van der Waals surface area contributed by atoms with E-state index in [1.165, 1.54) is 23.7 Å². The molecule has 0 fully saturated rings. The average Bonchev–Trinajstić information content (AvgIpc) is 2.97. The summed E-state index contributed by atoms with van der Waals surface area (Å²) < 4.78 is 16.8. The summed E-state index contributed by atoms with van der Waals surface area (Å²) in [6, 6.07) is 3.44. The summed E-state index contributed by atoms with van der Waals surface area (Å²) in [5.41, 5.74) is 0.241. The number of aryl methyl sites for hydroxylation is 2. The lowest BCUT2D eigenvalue weighted by atomic mass is 10.2. The number of hydrogen-bond donors (Lipinski definition) is 3. The lowest BCUT2D eigenvalue weighted by molar-refractivity contribution is -0.114. The Morgan fingerprint density at radius 3 is 2.82 bits per heavy atom. The van der Waals surface area contributed by atoms with Crippen LogP contribution in [0.4, 0.5) is 20.6 Å². The van der Waals surface area contributed by atoms with Gasteiger partial charge in [-0.05, 0) is 37.5 Å². The molecule has 0 atom stereocenters. The summed E-state index contributed by atoms with van der Waals surface area (Å²) in [7, 11) is 0. The molecule has 0 spiro atoms. The monoisotopic (exact) mass is 390 g/mol. The highest BCUT2D eigenvalue weighted by molar-refractivity contribution is 5.92. The predicted molar refractivity (Wildman–Crippen MR) is 102 cm³/mol. The van der Waals surface area contributed by atoms with Crippen molar-refractivity contribution in [2.75, 3.05) is 17.2 Å². The molecule has 1 aliphatic rings. The van der Waals surface area contributed by atoms with Crippen LogP contribution in [0.2, 0.25) is 0 Å². The number of aromatic nitrogens is 3. The summed E-state index contributed by atoms with van der Waals surface area (Å²) in [5.74, 6) is -0.167. The van der Waals surface area contributed by atoms with Gasteiger partial charge < -0.3 is 16.0 Å². The fraction of sp³-hybridized carbons (Fsp3) is 0.444. The number of carbonyl (C=O) groups excluding carboxylic acids is 2. The van der Waals surface area contributed by atoms with Crippen molar-refractivity contribution in [2.45, 2.75) is 45.7 Å². The molecule has 0 radical (unpaired) electrons. The standard InChI is InChI=1S/C18H23FN6O3/c1-12(26)21-15-11-13(6-7-14(15)19)22-17(27)20-8-4-10-25-18(28)24-9-3-2-5-16(24)23-25/h6-7,11H,2-5,8-10H2,1H3,(H,21,26)(H2,20,22,27). The van der Waals surface area contributed by atoms with Crippen molar-refractivity contribution in [3.05, 3.63) is 40.3 Å². The summed E-state index contributed by atoms with van der Waals surface area (Å²) in [6.45, 7) is 2.75. The topological polar surface area (TPSA) is 110 Å². The highest BCUT2D eigenvalue weighted by Crippen LogP contribution is 2.19. The normalized spacial score (nSPS) is 12.9. The molecule has 3 rings (SSSR count). The third-order valence-electron chi connectivity index (χ3n) is 4.40. The number of benzene rings is 1. The van der Waals surface area contributed by atoms with E-state index in [9.17, 15) is 18.8 Å². The molecule has 0 bridgehead atoms. The van der Waals surface area contributed by atoms with E-state index in [-0.39, 0.29) is 11.4 Å². The molecular weight excluding hydrogens is 367 g/mol. The van der Waals surface area contributed by atoms with Gasteiger partial charge in [-0.15, -0.1) is 0 Å². The van der Waals surface area contributed by atoms with E-state index < -0.39 is 17.8 Å². The molecule has 2 heterocycles. The third-order valence-corrected chi connectivity index (χ3v) is 4.40. The summed E-state index contributed by atoms with van der Waals surface area (Å²) in [6.07, 6.45) is 3.41. The second kappa shape index (κ2) is 8.68. The zero-order chi connectivity index (χ0) is 20.1. The fourth-order valence-corrected chi connectivity index (χ4v) is 3.09. The minimum atomic E-state index is -0.589. The maximum absolute atomic E-state index is 13.6. The first-order valence-electron chi connectivity index (χ1n) is 9.22. The van der Waals surface area contributed by atoms with E-state index in [4.69, 9.17) is 0 Å². The second-order valence-electron chi connectivity index (χ2n) is 6.64. The van der Waals surface area contributed by atoms with Crippen LogP contribution < -0.4 is 21.6 Å². The van der Waals surface area contributed by atoms with Crippen LogP contribution in [-0.4, -0.2) is 32.8 Å². The second-order valence-corrected chi connectivity index (χ2v) is 6.64. The van der Waals surface area contributed by atoms with Gasteiger partial charge in [0.15, 0.2) is 0 Å². The van der Waals surface area contributed by atoms with Gasteiger partial charge in [0.2, 0.25) is 5.91 Å². The highest BCUT2D eigenvalue weighted by atomic mass is 19.1. The van der Waals surface area contributed by atoms with Crippen molar-refractivity contribution in [1.82, 2.24) is 19.7 Å². The summed E-state index contributed by atoms with van der Waals surface area (Å²) in [4.78, 5) is 35.3. The van der Waals surface area contributed by atoms with E-state index in [1.807, 2.05) is 0 Å². The molecule has 3 N–H and O–H groups in total. The first-order chi connectivity index (χ1) is 13.4. The quantitative estimate of drug-likeness (QED) is 0.652. The van der Waals surface area contributed by atoms with Gasteiger partial charge >= 0.3 is 11.7 Å². The van der Waals surface area contributed by atoms with Gasteiger partial charge in [-0.2, -0.15) is 5.10 Å². The zero-order valence-electron chi connectivity index (χ0n) is 15.6. The van der Waals surface area contributed by atoms with Crippen molar-refractivity contribution in [2.24, 2.45) is 0 Å². The Kier molecular flexibility index (Phi) is 6.07. The molecule has 1 aromatic heterocycles. The lowest BCUT2D eigenvalue weighted by Gasteiger charge is -2.10. The van der Waals surface area contributed by atoms with E-state index in [1.54, 1.807) is 4.57 Å². The Morgan fingerprint density at radius 2 is 2.07 bits per heavy atom. The molecule has 10 heteroatoms. The van der Waals surface area contributed by atoms with Crippen LogP contribution in [-0.2, 0) is 24.3 Å². The Balaban J connectivity index is 1.47. The largest absolute Gasteiger partial charge is 0.345 e. The smallest absolute Gasteiger partial charge is 0.338 e. The van der Waals surface area contributed by atoms with E-state index in [0.717, 1.165) is 31.2 Å². The molecule has 3 amide bonds. The van der Waals surface area contributed by atoms with E-state index >= 15 is 0 Å². The van der Waals surface area contributed by atoms with Crippen molar-refractivity contribution >= 4 is 23.3 Å². The molecule has 0 saturated heterocycles. The predicted octanol–water partition coefficient (Wildman–Crippen LogP) is 1.69. The number of rotatable bonds is 6. The molecule has 0 saturated carbocycles. The maximum atomic E-state index is 13.6. The molecule has 1 aromatic carbocycles. The number of halogens is 1. The summed E-state index contributed by atoms with van der Waals surface area (Å²) in [5, 5.41) is 12.0. The van der Waals surface area contributed by atoms with Crippen LogP contribution in [0, 0.1) is 5.82 Å². The molecule has 2 aromatic rings. The number of nitrogens with zero attached hydrogens (tertiary/aromatic N) is 3. The number of nitrogens with one attached hydrogen (secondary N) is 3. The van der Waals surface area contributed by atoms with Crippen LogP contribution in [0.1, 0.15) is 32.0 Å². The number of urea groups is 1. The van der Waals surface area contributed by atoms with Gasteiger partial charge in [0.1, 0.15) is 11.6 Å². The van der Waals surface area contributed by atoms with Crippen LogP contribution in [0.5, 0.6) is 0 Å². The summed E-state index contributed by atoms with van der Waals surface area (Å²) >= 11 is 0. The minimum Gasteiger partial charge on any atom is -0.338 e. The zero-order valence-corrected chi connectivity index (χ0v) is 15.6. The van der Waals surface area contributed by atoms with Crippen LogP contribution >= 0.6 is 0 Å². The van der Waals surface area contributed by atoms with Gasteiger partial charge in [-0.1, -0.05) is 0 Å². The van der Waals surface area contributed by atoms with E-state index in [2.05, 4.69) is 21.0 Å². The van der Waals surface area contributed by atoms with Gasteiger partial charge in [-0.3, -0.25) is 9.36 Å². The third kappa shape index (κ3) is 4.76. The Labute approximate surface area is 160 Å². The van der Waals surface area contributed by atoms with Crippen molar-refractivity contribution in [1.29, 1.82) is 0 Å².